The molecule has 1 heterocycles. The lowest BCUT2D eigenvalue weighted by Crippen LogP contribution is -1.99. The molecule has 0 N–H and O–H groups in total. The van der Waals surface area contributed by atoms with E-state index in [0.717, 1.165) is 10.5 Å². The third kappa shape index (κ3) is 2.43. The molecule has 1 aromatic carbocycles. The van der Waals surface area contributed by atoms with Gasteiger partial charge in [0.05, 0.1) is 18.2 Å². The van der Waals surface area contributed by atoms with Gasteiger partial charge in [-0.05, 0) is 18.4 Å². The van der Waals surface area contributed by atoms with Crippen LogP contribution >= 0.6 is 35.0 Å². The average molecular weight is 265 g/mol. The van der Waals surface area contributed by atoms with Crippen LogP contribution in [0.3, 0.4) is 0 Å². The Kier molecular flexibility index (Phi) is 3.80. The number of benzene rings is 1. The second-order valence-corrected chi connectivity index (χ2v) is 4.75. The minimum atomic E-state index is -0.373. The zero-order valence-electron chi connectivity index (χ0n) is 8.13. The number of ether oxygens (including phenoxy) is 2. The van der Waals surface area contributed by atoms with Crippen molar-refractivity contribution < 1.29 is 9.47 Å². The van der Waals surface area contributed by atoms with Gasteiger partial charge in [-0.2, -0.15) is 0 Å². The van der Waals surface area contributed by atoms with E-state index in [1.165, 1.54) is 0 Å². The van der Waals surface area contributed by atoms with Crippen LogP contribution in [0.15, 0.2) is 17.0 Å². The molecule has 0 unspecified atom stereocenters. The minimum Gasteiger partial charge on any atom is -0.346 e. The Balaban J connectivity index is 2.40. The van der Waals surface area contributed by atoms with Crippen LogP contribution in [0.5, 0.6) is 0 Å². The Morgan fingerprint density at radius 2 is 1.93 bits per heavy atom. The second kappa shape index (κ2) is 4.93. The van der Waals surface area contributed by atoms with Crippen molar-refractivity contribution in [1.29, 1.82) is 0 Å². The molecule has 1 fully saturated rings. The molecule has 0 aliphatic carbocycles. The first-order chi connectivity index (χ1) is 7.22. The first-order valence-corrected chi connectivity index (χ1v) is 6.46. The highest BCUT2D eigenvalue weighted by molar-refractivity contribution is 7.98. The van der Waals surface area contributed by atoms with Gasteiger partial charge < -0.3 is 9.47 Å². The van der Waals surface area contributed by atoms with Crippen molar-refractivity contribution in [2.24, 2.45) is 0 Å². The zero-order valence-corrected chi connectivity index (χ0v) is 10.5. The van der Waals surface area contributed by atoms with Crippen LogP contribution in [-0.4, -0.2) is 19.5 Å². The quantitative estimate of drug-likeness (QED) is 0.758. The number of thioether (sulfide) groups is 1. The van der Waals surface area contributed by atoms with Gasteiger partial charge in [-0.3, -0.25) is 0 Å². The van der Waals surface area contributed by atoms with Crippen molar-refractivity contribution in [1.82, 2.24) is 0 Å². The Bertz CT molecular complexity index is 365. The summed E-state index contributed by atoms with van der Waals surface area (Å²) in [6.07, 6.45) is 1.58. The molecule has 2 nitrogen and oxygen atoms in total. The van der Waals surface area contributed by atoms with Crippen molar-refractivity contribution in [3.05, 3.63) is 27.7 Å². The maximum absolute atomic E-state index is 6.22. The Morgan fingerprint density at radius 1 is 1.27 bits per heavy atom. The fourth-order valence-electron chi connectivity index (χ4n) is 1.44. The number of rotatable bonds is 2. The molecular weight excluding hydrogens is 255 g/mol. The Hall–Kier alpha value is 0.0700. The normalized spacial score (nSPS) is 17.3. The lowest BCUT2D eigenvalue weighted by molar-refractivity contribution is -0.0441. The minimum absolute atomic E-state index is 0.373. The topological polar surface area (TPSA) is 18.5 Å². The predicted molar refractivity (Wildman–Crippen MR) is 62.9 cm³/mol. The largest absolute Gasteiger partial charge is 0.346 e. The molecule has 1 aromatic rings. The maximum Gasteiger partial charge on any atom is 0.185 e. The van der Waals surface area contributed by atoms with E-state index in [-0.39, 0.29) is 6.29 Å². The van der Waals surface area contributed by atoms with Crippen LogP contribution in [0.4, 0.5) is 0 Å². The molecule has 1 aliphatic rings. The maximum atomic E-state index is 6.22. The summed E-state index contributed by atoms with van der Waals surface area (Å²) in [5.41, 5.74) is 0.811. The van der Waals surface area contributed by atoms with Crippen LogP contribution in [0.25, 0.3) is 0 Å². The SMILES string of the molecule is CSc1cc(Cl)cc(C2OCCO2)c1Cl. The smallest absolute Gasteiger partial charge is 0.185 e. The summed E-state index contributed by atoms with van der Waals surface area (Å²) in [5, 5.41) is 1.32. The molecule has 2 rings (SSSR count). The summed E-state index contributed by atoms with van der Waals surface area (Å²) >= 11 is 13.8. The fraction of sp³-hybridized carbons (Fsp3) is 0.400. The van der Waals surface area contributed by atoms with E-state index >= 15 is 0 Å². The highest BCUT2D eigenvalue weighted by atomic mass is 35.5. The van der Waals surface area contributed by atoms with Gasteiger partial charge in [0.15, 0.2) is 6.29 Å². The summed E-state index contributed by atoms with van der Waals surface area (Å²) in [4.78, 5) is 0.943. The number of halogens is 2. The van der Waals surface area contributed by atoms with Gasteiger partial charge >= 0.3 is 0 Å². The van der Waals surface area contributed by atoms with Gasteiger partial charge in [-0.15, -0.1) is 11.8 Å². The first kappa shape index (κ1) is 11.6. The van der Waals surface area contributed by atoms with Crippen LogP contribution in [0, 0.1) is 0 Å². The van der Waals surface area contributed by atoms with E-state index in [0.29, 0.717) is 23.3 Å². The van der Waals surface area contributed by atoms with E-state index in [2.05, 4.69) is 0 Å². The van der Waals surface area contributed by atoms with Gasteiger partial charge in [-0.25, -0.2) is 0 Å². The summed E-state index contributed by atoms with van der Waals surface area (Å²) in [7, 11) is 0. The fourth-order valence-corrected chi connectivity index (χ4v) is 2.71. The van der Waals surface area contributed by atoms with Gasteiger partial charge in [0.2, 0.25) is 0 Å². The third-order valence-electron chi connectivity index (χ3n) is 2.13. The van der Waals surface area contributed by atoms with E-state index in [4.69, 9.17) is 32.7 Å². The molecule has 0 amide bonds. The molecule has 15 heavy (non-hydrogen) atoms. The van der Waals surface area contributed by atoms with Gasteiger partial charge in [0.1, 0.15) is 0 Å². The molecular formula is C10H10Cl2O2S. The standard InChI is InChI=1S/C10H10Cl2O2S/c1-15-8-5-6(11)4-7(9(8)12)10-13-2-3-14-10/h4-5,10H,2-3H2,1H3. The van der Waals surface area contributed by atoms with E-state index in [1.807, 2.05) is 12.3 Å². The Labute approximate surface area is 103 Å². The average Bonchev–Trinajstić information content (AvgIpc) is 2.74. The molecule has 0 spiro atoms. The molecule has 0 radical (unpaired) electrons. The monoisotopic (exact) mass is 264 g/mol. The van der Waals surface area contributed by atoms with E-state index < -0.39 is 0 Å². The van der Waals surface area contributed by atoms with Crippen molar-refractivity contribution >= 4 is 35.0 Å². The van der Waals surface area contributed by atoms with E-state index in [9.17, 15) is 0 Å². The summed E-state index contributed by atoms with van der Waals surface area (Å²) in [6, 6.07) is 3.63. The molecule has 5 heteroatoms. The van der Waals surface area contributed by atoms with Crippen LogP contribution in [-0.2, 0) is 9.47 Å². The first-order valence-electron chi connectivity index (χ1n) is 4.48. The van der Waals surface area contributed by atoms with Gasteiger partial charge in [-0.1, -0.05) is 23.2 Å². The second-order valence-electron chi connectivity index (χ2n) is 3.08. The molecule has 1 saturated heterocycles. The highest BCUT2D eigenvalue weighted by Crippen LogP contribution is 2.37. The summed E-state index contributed by atoms with van der Waals surface area (Å²) in [6.45, 7) is 1.20. The summed E-state index contributed by atoms with van der Waals surface area (Å²) < 4.78 is 10.8. The zero-order chi connectivity index (χ0) is 10.8. The van der Waals surface area contributed by atoms with Crippen LogP contribution < -0.4 is 0 Å². The predicted octanol–water partition coefficient (Wildman–Crippen LogP) is 3.76. The molecule has 82 valence electrons. The van der Waals surface area contributed by atoms with Crippen LogP contribution in [0.1, 0.15) is 11.9 Å². The Morgan fingerprint density at radius 3 is 2.53 bits per heavy atom. The van der Waals surface area contributed by atoms with Crippen molar-refractivity contribution in [2.45, 2.75) is 11.2 Å². The lowest BCUT2D eigenvalue weighted by atomic mass is 10.2. The van der Waals surface area contributed by atoms with Gasteiger partial charge in [0, 0.05) is 15.5 Å². The highest BCUT2D eigenvalue weighted by Gasteiger charge is 2.22. The summed E-state index contributed by atoms with van der Waals surface area (Å²) in [5.74, 6) is 0. The van der Waals surface area contributed by atoms with Gasteiger partial charge in [0.25, 0.3) is 0 Å². The number of hydrogen-bond acceptors (Lipinski definition) is 3. The molecule has 0 atom stereocenters. The van der Waals surface area contributed by atoms with E-state index in [1.54, 1.807) is 17.8 Å². The van der Waals surface area contributed by atoms with Crippen molar-refractivity contribution in [3.63, 3.8) is 0 Å². The molecule has 0 bridgehead atoms. The lowest BCUT2D eigenvalue weighted by Gasteiger charge is -2.13. The van der Waals surface area contributed by atoms with Crippen molar-refractivity contribution in [3.8, 4) is 0 Å². The van der Waals surface area contributed by atoms with Crippen molar-refractivity contribution in [2.75, 3.05) is 19.5 Å². The molecule has 0 saturated carbocycles. The number of hydrogen-bond donors (Lipinski definition) is 0. The van der Waals surface area contributed by atoms with Crippen LogP contribution in [0.2, 0.25) is 10.0 Å². The molecule has 0 aromatic heterocycles. The third-order valence-corrected chi connectivity index (χ3v) is 3.64. The molecule has 1 aliphatic heterocycles.